The van der Waals surface area contributed by atoms with Gasteiger partial charge in [-0.3, -0.25) is 5.01 Å². The van der Waals surface area contributed by atoms with E-state index in [-0.39, 0.29) is 0 Å². The van der Waals surface area contributed by atoms with Crippen LogP contribution in [0, 0.1) is 5.92 Å². The van der Waals surface area contributed by atoms with Crippen molar-refractivity contribution >= 4 is 22.8 Å². The smallest absolute Gasteiger partial charge is 0.100 e. The minimum Gasteiger partial charge on any atom is -0.356 e. The molecule has 2 aromatic carbocycles. The number of fused-ring (bicyclic) bond motifs is 5. The molecule has 3 heteroatoms. The molecule has 0 unspecified atom stereocenters. The van der Waals surface area contributed by atoms with Crippen LogP contribution < -0.4 is 5.01 Å². The average Bonchev–Trinajstić information content (AvgIpc) is 3.16. The van der Waals surface area contributed by atoms with Crippen molar-refractivity contribution < 1.29 is 0 Å². The van der Waals surface area contributed by atoms with E-state index in [1.165, 1.54) is 28.6 Å². The van der Waals surface area contributed by atoms with Gasteiger partial charge in [0.1, 0.15) is 6.04 Å². The second-order valence-electron chi connectivity index (χ2n) is 6.15. The average molecular weight is 287 g/mol. The van der Waals surface area contributed by atoms with Gasteiger partial charge in [0.05, 0.1) is 5.69 Å². The first-order valence-corrected chi connectivity index (χ1v) is 7.90. The molecule has 0 spiro atoms. The fourth-order valence-electron chi connectivity index (χ4n) is 3.92. The van der Waals surface area contributed by atoms with Gasteiger partial charge in [0.2, 0.25) is 0 Å². The highest BCUT2D eigenvalue weighted by Gasteiger charge is 2.39. The maximum absolute atomic E-state index is 4.71. The Morgan fingerprint density at radius 2 is 1.82 bits per heavy atom. The van der Waals surface area contributed by atoms with E-state index in [0.717, 1.165) is 12.1 Å². The molecule has 3 aromatic rings. The second kappa shape index (κ2) is 4.47. The van der Waals surface area contributed by atoms with Gasteiger partial charge in [-0.25, -0.2) is 0 Å². The molecule has 0 amide bonds. The molecule has 3 nitrogen and oxygen atoms in total. The third kappa shape index (κ3) is 1.59. The Hall–Kier alpha value is -2.55. The van der Waals surface area contributed by atoms with Gasteiger partial charge in [0.15, 0.2) is 0 Å². The number of hydrogen-bond donors (Lipinski definition) is 1. The van der Waals surface area contributed by atoms with E-state index in [1.54, 1.807) is 0 Å². The summed E-state index contributed by atoms with van der Waals surface area (Å²) >= 11 is 0. The van der Waals surface area contributed by atoms with Crippen molar-refractivity contribution in [1.29, 1.82) is 0 Å². The molecule has 108 valence electrons. The van der Waals surface area contributed by atoms with Crippen LogP contribution in [-0.4, -0.2) is 11.2 Å². The quantitative estimate of drug-likeness (QED) is 0.711. The minimum absolute atomic E-state index is 0.304. The van der Waals surface area contributed by atoms with E-state index in [4.69, 9.17) is 5.10 Å². The lowest BCUT2D eigenvalue weighted by molar-refractivity contribution is 0.482. The van der Waals surface area contributed by atoms with Crippen LogP contribution in [0.1, 0.15) is 23.7 Å². The maximum atomic E-state index is 4.71. The highest BCUT2D eigenvalue weighted by atomic mass is 15.5. The zero-order chi connectivity index (χ0) is 14.5. The summed E-state index contributed by atoms with van der Waals surface area (Å²) in [5, 5.41) is 8.26. The standard InChI is InChI=1S/C19H17N3/c1-2-6-14(7-3-1)22-19-13(12-20-22)10-11-16-15-8-4-5-9-17(15)21-18(16)19/h1-9,12-13,19,21H,10-11H2/t13-,19-/m1/s1. The lowest BCUT2D eigenvalue weighted by Crippen LogP contribution is -2.28. The molecule has 0 saturated carbocycles. The van der Waals surface area contributed by atoms with E-state index >= 15 is 0 Å². The molecule has 1 aliphatic heterocycles. The van der Waals surface area contributed by atoms with Gasteiger partial charge in [-0.05, 0) is 36.6 Å². The molecule has 2 aliphatic rings. The van der Waals surface area contributed by atoms with Crippen molar-refractivity contribution in [3.8, 4) is 0 Å². The second-order valence-corrected chi connectivity index (χ2v) is 6.15. The molecule has 1 N–H and O–H groups in total. The normalized spacial score (nSPS) is 22.8. The van der Waals surface area contributed by atoms with Gasteiger partial charge in [-0.1, -0.05) is 36.4 Å². The summed E-state index contributed by atoms with van der Waals surface area (Å²) in [5.41, 5.74) is 5.23. The molecule has 0 radical (unpaired) electrons. The number of rotatable bonds is 1. The zero-order valence-corrected chi connectivity index (χ0v) is 12.2. The highest BCUT2D eigenvalue weighted by Crippen LogP contribution is 2.45. The zero-order valence-electron chi connectivity index (χ0n) is 12.2. The fraction of sp³-hybridized carbons (Fsp3) is 0.211. The van der Waals surface area contributed by atoms with E-state index < -0.39 is 0 Å². The number of aryl methyl sites for hydroxylation is 1. The number of H-pyrrole nitrogens is 1. The minimum atomic E-state index is 0.304. The van der Waals surface area contributed by atoms with E-state index in [0.29, 0.717) is 12.0 Å². The fourth-order valence-corrected chi connectivity index (χ4v) is 3.92. The van der Waals surface area contributed by atoms with Crippen LogP contribution >= 0.6 is 0 Å². The van der Waals surface area contributed by atoms with Crippen molar-refractivity contribution in [1.82, 2.24) is 4.98 Å². The first kappa shape index (κ1) is 12.0. The number of anilines is 1. The van der Waals surface area contributed by atoms with Gasteiger partial charge >= 0.3 is 0 Å². The number of hydrogen-bond acceptors (Lipinski definition) is 2. The number of nitrogens with zero attached hydrogens (tertiary/aromatic N) is 2. The molecule has 0 saturated heterocycles. The number of aromatic amines is 1. The number of para-hydroxylation sites is 2. The van der Waals surface area contributed by atoms with Crippen LogP contribution in [0.3, 0.4) is 0 Å². The van der Waals surface area contributed by atoms with E-state index in [2.05, 4.69) is 70.8 Å². The van der Waals surface area contributed by atoms with Crippen LogP contribution in [0.25, 0.3) is 10.9 Å². The molecule has 2 heterocycles. The summed E-state index contributed by atoms with van der Waals surface area (Å²) < 4.78 is 0. The summed E-state index contributed by atoms with van der Waals surface area (Å²) in [6, 6.07) is 19.4. The molecule has 1 aliphatic carbocycles. The summed E-state index contributed by atoms with van der Waals surface area (Å²) in [5.74, 6) is 0.501. The Balaban J connectivity index is 1.67. The number of hydrazone groups is 1. The number of aromatic nitrogens is 1. The number of nitrogens with one attached hydrogen (secondary N) is 1. The van der Waals surface area contributed by atoms with Crippen molar-refractivity contribution in [2.24, 2.45) is 11.0 Å². The van der Waals surface area contributed by atoms with Crippen LogP contribution in [0.15, 0.2) is 59.7 Å². The maximum Gasteiger partial charge on any atom is 0.100 e. The lowest BCUT2D eigenvalue weighted by atomic mass is 9.83. The third-order valence-corrected chi connectivity index (χ3v) is 4.94. The Morgan fingerprint density at radius 1 is 1.00 bits per heavy atom. The molecule has 22 heavy (non-hydrogen) atoms. The molecule has 0 bridgehead atoms. The Morgan fingerprint density at radius 3 is 2.73 bits per heavy atom. The Bertz CT molecular complexity index is 863. The highest BCUT2D eigenvalue weighted by molar-refractivity contribution is 5.86. The van der Waals surface area contributed by atoms with E-state index in [9.17, 15) is 0 Å². The van der Waals surface area contributed by atoms with Crippen LogP contribution in [0.4, 0.5) is 5.69 Å². The predicted molar refractivity (Wildman–Crippen MR) is 90.3 cm³/mol. The van der Waals surface area contributed by atoms with Crippen molar-refractivity contribution in [3.63, 3.8) is 0 Å². The molecule has 0 fully saturated rings. The topological polar surface area (TPSA) is 31.4 Å². The first-order chi connectivity index (χ1) is 10.9. The summed E-state index contributed by atoms with van der Waals surface area (Å²) in [6.07, 6.45) is 4.44. The van der Waals surface area contributed by atoms with Gasteiger partial charge in [0.25, 0.3) is 0 Å². The van der Waals surface area contributed by atoms with Crippen LogP contribution in [-0.2, 0) is 6.42 Å². The van der Waals surface area contributed by atoms with Crippen molar-refractivity contribution in [3.05, 3.63) is 65.9 Å². The van der Waals surface area contributed by atoms with Crippen LogP contribution in [0.2, 0.25) is 0 Å². The Labute approximate surface area is 129 Å². The van der Waals surface area contributed by atoms with Crippen molar-refractivity contribution in [2.45, 2.75) is 18.9 Å². The van der Waals surface area contributed by atoms with Crippen molar-refractivity contribution in [2.75, 3.05) is 5.01 Å². The Kier molecular flexibility index (Phi) is 2.45. The van der Waals surface area contributed by atoms with Crippen LogP contribution in [0.5, 0.6) is 0 Å². The predicted octanol–water partition coefficient (Wildman–Crippen LogP) is 4.28. The molecular formula is C19H17N3. The molecule has 1 aromatic heterocycles. The SMILES string of the molecule is C1=NN(c2ccccc2)[C@H]2c3[nH]c4ccccc4c3CC[C@H]12. The van der Waals surface area contributed by atoms with Gasteiger partial charge in [-0.15, -0.1) is 0 Å². The third-order valence-electron chi connectivity index (χ3n) is 4.94. The largest absolute Gasteiger partial charge is 0.356 e. The lowest BCUT2D eigenvalue weighted by Gasteiger charge is -2.31. The summed E-state index contributed by atoms with van der Waals surface area (Å²) in [4.78, 5) is 3.67. The monoisotopic (exact) mass is 287 g/mol. The van der Waals surface area contributed by atoms with Gasteiger partial charge in [0, 0.05) is 28.7 Å². The molecule has 2 atom stereocenters. The van der Waals surface area contributed by atoms with Gasteiger partial charge < -0.3 is 4.98 Å². The van der Waals surface area contributed by atoms with Gasteiger partial charge in [-0.2, -0.15) is 5.10 Å². The summed E-state index contributed by atoms with van der Waals surface area (Å²) in [6.45, 7) is 0. The van der Waals surface area contributed by atoms with E-state index in [1.807, 2.05) is 0 Å². The molecular weight excluding hydrogens is 270 g/mol. The molecule has 5 rings (SSSR count). The first-order valence-electron chi connectivity index (χ1n) is 7.90. The number of benzene rings is 2. The summed E-state index contributed by atoms with van der Waals surface area (Å²) in [7, 11) is 0.